The van der Waals surface area contributed by atoms with Gasteiger partial charge >= 0.3 is 0 Å². The lowest BCUT2D eigenvalue weighted by Crippen LogP contribution is -2.16. The van der Waals surface area contributed by atoms with E-state index in [4.69, 9.17) is 18.0 Å². The van der Waals surface area contributed by atoms with Gasteiger partial charge in [0.15, 0.2) is 11.6 Å². The summed E-state index contributed by atoms with van der Waals surface area (Å²) in [6, 6.07) is 3.99. The van der Waals surface area contributed by atoms with E-state index in [1.54, 1.807) is 19.9 Å². The fraction of sp³-hybridized carbons (Fsp3) is 0.143. The van der Waals surface area contributed by atoms with Crippen LogP contribution in [0.1, 0.15) is 17.0 Å². The predicted molar refractivity (Wildman–Crippen MR) is 86.9 cm³/mol. The van der Waals surface area contributed by atoms with Crippen LogP contribution in [0.4, 0.5) is 20.2 Å². The molecule has 21 heavy (non-hydrogen) atoms. The maximum atomic E-state index is 13.9. The summed E-state index contributed by atoms with van der Waals surface area (Å²) in [5.74, 6) is -1.44. The Labute approximate surface area is 134 Å². The van der Waals surface area contributed by atoms with Crippen LogP contribution in [-0.4, -0.2) is 9.97 Å². The first kappa shape index (κ1) is 15.8. The van der Waals surface area contributed by atoms with Gasteiger partial charge in [0.05, 0.1) is 11.3 Å². The summed E-state index contributed by atoms with van der Waals surface area (Å²) in [5, 5.41) is 2.72. The lowest BCUT2D eigenvalue weighted by molar-refractivity contribution is 0.589. The zero-order valence-electron chi connectivity index (χ0n) is 11.3. The molecule has 7 heteroatoms. The van der Waals surface area contributed by atoms with Gasteiger partial charge in [0.25, 0.3) is 0 Å². The minimum atomic E-state index is -0.720. The molecule has 0 atom stereocenters. The second-order valence-electron chi connectivity index (χ2n) is 4.51. The number of nitrogens with one attached hydrogen (secondary N) is 1. The van der Waals surface area contributed by atoms with Crippen LogP contribution in [0.5, 0.6) is 0 Å². The molecule has 0 amide bonds. The lowest BCUT2D eigenvalue weighted by atomic mass is 10.1. The van der Waals surface area contributed by atoms with E-state index >= 15 is 0 Å². The van der Waals surface area contributed by atoms with Crippen LogP contribution in [0.2, 0.25) is 0 Å². The quantitative estimate of drug-likeness (QED) is 0.796. The summed E-state index contributed by atoms with van der Waals surface area (Å²) in [6.07, 6.45) is 0. The van der Waals surface area contributed by atoms with Gasteiger partial charge in [-0.2, -0.15) is 0 Å². The van der Waals surface area contributed by atoms with Crippen LogP contribution in [-0.2, 0) is 0 Å². The Morgan fingerprint density at radius 1 is 1.24 bits per heavy atom. The monoisotopic (exact) mass is 371 g/mol. The second kappa shape index (κ2) is 6.03. The van der Waals surface area contributed by atoms with Crippen molar-refractivity contribution >= 4 is 44.5 Å². The second-order valence-corrected chi connectivity index (χ2v) is 5.86. The SMILES string of the molecule is Cc1cc(Nc2c(F)cc(Br)cc2F)c(C(N)=S)c(C)n1. The summed E-state index contributed by atoms with van der Waals surface area (Å²) in [7, 11) is 0. The minimum absolute atomic E-state index is 0.112. The Kier molecular flexibility index (Phi) is 4.53. The van der Waals surface area contributed by atoms with E-state index in [9.17, 15) is 8.78 Å². The van der Waals surface area contributed by atoms with Crippen molar-refractivity contribution in [3.05, 3.63) is 51.3 Å². The molecule has 0 aliphatic heterocycles. The molecule has 2 aromatic rings. The Morgan fingerprint density at radius 2 is 1.81 bits per heavy atom. The van der Waals surface area contributed by atoms with Gasteiger partial charge in [-0.05, 0) is 32.0 Å². The van der Waals surface area contributed by atoms with Gasteiger partial charge < -0.3 is 11.1 Å². The first-order valence-corrected chi connectivity index (χ1v) is 7.19. The Balaban J connectivity index is 2.57. The standard InChI is InChI=1S/C14H12BrF2N3S/c1-6-3-11(12(14(18)21)7(2)19-6)20-13-9(16)4-8(15)5-10(13)17/h3-5H,1-2H3,(H2,18,21)(H,19,20). The number of halogens is 3. The number of nitrogens with zero attached hydrogens (tertiary/aromatic N) is 1. The summed E-state index contributed by atoms with van der Waals surface area (Å²) in [6.45, 7) is 3.51. The Morgan fingerprint density at radius 3 is 2.33 bits per heavy atom. The number of aromatic nitrogens is 1. The van der Waals surface area contributed by atoms with Crippen molar-refractivity contribution in [2.45, 2.75) is 13.8 Å². The van der Waals surface area contributed by atoms with Crippen molar-refractivity contribution in [2.24, 2.45) is 5.73 Å². The molecule has 0 saturated heterocycles. The van der Waals surface area contributed by atoms with E-state index in [2.05, 4.69) is 26.2 Å². The molecule has 1 aromatic carbocycles. The molecule has 0 spiro atoms. The van der Waals surface area contributed by atoms with E-state index in [1.165, 1.54) is 12.1 Å². The lowest BCUT2D eigenvalue weighted by Gasteiger charge is -2.15. The number of rotatable bonds is 3. The van der Waals surface area contributed by atoms with Crippen molar-refractivity contribution in [3.63, 3.8) is 0 Å². The van der Waals surface area contributed by atoms with Gasteiger partial charge in [-0.3, -0.25) is 4.98 Å². The molecule has 1 heterocycles. The molecule has 3 nitrogen and oxygen atoms in total. The van der Waals surface area contributed by atoms with Crippen LogP contribution >= 0.6 is 28.1 Å². The largest absolute Gasteiger partial charge is 0.389 e. The molecule has 0 saturated carbocycles. The average Bonchev–Trinajstić information content (AvgIpc) is 2.32. The third-order valence-electron chi connectivity index (χ3n) is 2.84. The van der Waals surface area contributed by atoms with E-state index in [-0.39, 0.29) is 10.7 Å². The third kappa shape index (κ3) is 3.36. The molecule has 0 bridgehead atoms. The first-order chi connectivity index (χ1) is 9.79. The van der Waals surface area contributed by atoms with E-state index in [1.807, 2.05) is 0 Å². The van der Waals surface area contributed by atoms with E-state index in [0.717, 1.165) is 0 Å². The zero-order valence-corrected chi connectivity index (χ0v) is 13.7. The molecular weight excluding hydrogens is 360 g/mol. The van der Waals surface area contributed by atoms with Gasteiger partial charge in [0, 0.05) is 15.9 Å². The highest BCUT2D eigenvalue weighted by atomic mass is 79.9. The van der Waals surface area contributed by atoms with Crippen molar-refractivity contribution in [2.75, 3.05) is 5.32 Å². The first-order valence-electron chi connectivity index (χ1n) is 5.99. The van der Waals surface area contributed by atoms with Crippen LogP contribution in [0.3, 0.4) is 0 Å². The van der Waals surface area contributed by atoms with Crippen LogP contribution in [0.15, 0.2) is 22.7 Å². The van der Waals surface area contributed by atoms with Crippen molar-refractivity contribution in [3.8, 4) is 0 Å². The maximum absolute atomic E-state index is 13.9. The topological polar surface area (TPSA) is 50.9 Å². The smallest absolute Gasteiger partial charge is 0.150 e. The van der Waals surface area contributed by atoms with Crippen LogP contribution < -0.4 is 11.1 Å². The number of pyridine rings is 1. The summed E-state index contributed by atoms with van der Waals surface area (Å²) >= 11 is 8.02. The minimum Gasteiger partial charge on any atom is -0.389 e. The number of thiocarbonyl (C=S) groups is 1. The van der Waals surface area contributed by atoms with E-state index in [0.29, 0.717) is 27.1 Å². The highest BCUT2D eigenvalue weighted by Gasteiger charge is 2.16. The molecule has 1 aromatic heterocycles. The van der Waals surface area contributed by atoms with Crippen molar-refractivity contribution in [1.29, 1.82) is 0 Å². The number of anilines is 2. The van der Waals surface area contributed by atoms with Gasteiger partial charge in [-0.15, -0.1) is 0 Å². The highest BCUT2D eigenvalue weighted by Crippen LogP contribution is 2.29. The molecule has 0 unspecified atom stereocenters. The highest BCUT2D eigenvalue weighted by molar-refractivity contribution is 9.10. The molecule has 0 fully saturated rings. The average molecular weight is 372 g/mol. The van der Waals surface area contributed by atoms with Gasteiger partial charge in [0.1, 0.15) is 10.7 Å². The normalized spacial score (nSPS) is 10.5. The summed E-state index contributed by atoms with van der Waals surface area (Å²) in [4.78, 5) is 4.37. The molecule has 0 aliphatic rings. The number of benzene rings is 1. The van der Waals surface area contributed by atoms with Crippen molar-refractivity contribution < 1.29 is 8.78 Å². The fourth-order valence-electron chi connectivity index (χ4n) is 2.03. The van der Waals surface area contributed by atoms with Crippen LogP contribution in [0, 0.1) is 25.5 Å². The summed E-state index contributed by atoms with van der Waals surface area (Å²) < 4.78 is 28.2. The fourth-order valence-corrected chi connectivity index (χ4v) is 2.69. The third-order valence-corrected chi connectivity index (χ3v) is 3.50. The Hall–Kier alpha value is -1.60. The van der Waals surface area contributed by atoms with Crippen LogP contribution in [0.25, 0.3) is 0 Å². The number of aryl methyl sites for hydroxylation is 2. The number of nitrogens with two attached hydrogens (primary N) is 1. The molecule has 0 radical (unpaired) electrons. The van der Waals surface area contributed by atoms with Gasteiger partial charge in [-0.1, -0.05) is 28.1 Å². The molecule has 110 valence electrons. The molecule has 3 N–H and O–H groups in total. The summed E-state index contributed by atoms with van der Waals surface area (Å²) in [5.41, 5.74) is 7.59. The van der Waals surface area contributed by atoms with Gasteiger partial charge in [0.2, 0.25) is 0 Å². The number of hydrogen-bond acceptors (Lipinski definition) is 3. The molecular formula is C14H12BrF2N3S. The van der Waals surface area contributed by atoms with Crippen molar-refractivity contribution in [1.82, 2.24) is 4.98 Å². The van der Waals surface area contributed by atoms with Gasteiger partial charge in [-0.25, -0.2) is 8.78 Å². The maximum Gasteiger partial charge on any atom is 0.150 e. The molecule has 0 aliphatic carbocycles. The Bertz CT molecular complexity index is 711. The predicted octanol–water partition coefficient (Wildman–Crippen LogP) is 4.12. The zero-order chi connectivity index (χ0) is 15.7. The number of hydrogen-bond donors (Lipinski definition) is 2. The molecule has 2 rings (SSSR count). The van der Waals surface area contributed by atoms with E-state index < -0.39 is 11.6 Å².